The third-order valence-corrected chi connectivity index (χ3v) is 5.27. The highest BCUT2D eigenvalue weighted by molar-refractivity contribution is 7.09. The molecule has 0 bridgehead atoms. The summed E-state index contributed by atoms with van der Waals surface area (Å²) in [6.07, 6.45) is 2.31. The van der Waals surface area contributed by atoms with Crippen molar-refractivity contribution in [1.82, 2.24) is 9.97 Å². The van der Waals surface area contributed by atoms with Crippen LogP contribution in [0.2, 0.25) is 0 Å². The lowest BCUT2D eigenvalue weighted by Crippen LogP contribution is -2.36. The molecule has 4 rings (SSSR count). The first-order chi connectivity index (χ1) is 13.7. The zero-order valence-electron chi connectivity index (χ0n) is 15.1. The summed E-state index contributed by atoms with van der Waals surface area (Å²) in [4.78, 5) is 23.3. The second-order valence-corrected chi connectivity index (χ2v) is 7.33. The highest BCUT2D eigenvalue weighted by Gasteiger charge is 2.14. The van der Waals surface area contributed by atoms with Crippen molar-refractivity contribution < 1.29 is 13.9 Å². The average Bonchev–Trinajstić information content (AvgIpc) is 3.20. The molecule has 144 valence electrons. The van der Waals surface area contributed by atoms with Gasteiger partial charge in [-0.15, -0.1) is 11.3 Å². The van der Waals surface area contributed by atoms with Gasteiger partial charge in [-0.25, -0.2) is 14.4 Å². The molecule has 1 aliphatic rings. The number of ether oxygens (including phenoxy) is 1. The topological polar surface area (TPSA) is 67.4 Å². The monoisotopic (exact) mass is 398 g/mol. The number of hydrogen-bond donors (Lipinski definition) is 1. The van der Waals surface area contributed by atoms with Gasteiger partial charge in [-0.2, -0.15) is 0 Å². The predicted octanol–water partition coefficient (Wildman–Crippen LogP) is 3.36. The van der Waals surface area contributed by atoms with E-state index in [0.29, 0.717) is 31.1 Å². The van der Waals surface area contributed by atoms with Crippen molar-refractivity contribution in [2.24, 2.45) is 0 Å². The number of aromatic nitrogens is 2. The number of thiazole rings is 1. The molecule has 1 saturated heterocycles. The quantitative estimate of drug-likeness (QED) is 0.714. The highest BCUT2D eigenvalue weighted by Crippen LogP contribution is 2.18. The molecule has 0 unspecified atom stereocenters. The fourth-order valence-corrected chi connectivity index (χ4v) is 3.73. The summed E-state index contributed by atoms with van der Waals surface area (Å²) in [6.45, 7) is 3.09. The number of hydrogen-bond acceptors (Lipinski definition) is 6. The number of anilines is 2. The molecule has 1 amide bonds. The van der Waals surface area contributed by atoms with Gasteiger partial charge in [-0.1, -0.05) is 12.1 Å². The molecule has 0 aliphatic carbocycles. The molecule has 0 saturated carbocycles. The van der Waals surface area contributed by atoms with E-state index in [1.54, 1.807) is 29.8 Å². The van der Waals surface area contributed by atoms with Crippen LogP contribution >= 0.6 is 11.3 Å². The minimum Gasteiger partial charge on any atom is -0.378 e. The number of pyridine rings is 1. The average molecular weight is 398 g/mol. The Hall–Kier alpha value is -2.84. The lowest BCUT2D eigenvalue weighted by Gasteiger charge is -2.28. The predicted molar refractivity (Wildman–Crippen MR) is 107 cm³/mol. The molecule has 1 aliphatic heterocycles. The van der Waals surface area contributed by atoms with Gasteiger partial charge < -0.3 is 15.0 Å². The zero-order valence-corrected chi connectivity index (χ0v) is 15.9. The smallest absolute Gasteiger partial charge is 0.276 e. The molecular weight excluding hydrogens is 379 g/mol. The number of amides is 1. The first-order valence-corrected chi connectivity index (χ1v) is 9.84. The minimum absolute atomic E-state index is 0.268. The number of carbonyl (C=O) groups is 1. The van der Waals surface area contributed by atoms with Crippen LogP contribution in [0.1, 0.15) is 21.1 Å². The molecule has 0 atom stereocenters. The molecular formula is C20H19FN4O2S. The Bertz CT molecular complexity index is 938. The van der Waals surface area contributed by atoms with E-state index < -0.39 is 0 Å². The second-order valence-electron chi connectivity index (χ2n) is 6.38. The van der Waals surface area contributed by atoms with E-state index in [0.717, 1.165) is 29.3 Å². The lowest BCUT2D eigenvalue weighted by molar-refractivity contribution is 0.102. The maximum Gasteiger partial charge on any atom is 0.276 e. The molecule has 2 aromatic heterocycles. The second kappa shape index (κ2) is 8.45. The van der Waals surface area contributed by atoms with E-state index in [2.05, 4.69) is 20.2 Å². The number of nitrogens with one attached hydrogen (secondary N) is 1. The van der Waals surface area contributed by atoms with Crippen LogP contribution in [0.15, 0.2) is 48.0 Å². The van der Waals surface area contributed by atoms with Gasteiger partial charge in [0.25, 0.3) is 5.91 Å². The van der Waals surface area contributed by atoms with Gasteiger partial charge in [0.2, 0.25) is 0 Å². The van der Waals surface area contributed by atoms with Crippen molar-refractivity contribution in [3.8, 4) is 0 Å². The van der Waals surface area contributed by atoms with E-state index in [1.807, 2.05) is 6.07 Å². The Labute approximate surface area is 166 Å². The normalized spacial score (nSPS) is 14.1. The minimum atomic E-state index is -0.298. The molecule has 28 heavy (non-hydrogen) atoms. The van der Waals surface area contributed by atoms with E-state index >= 15 is 0 Å². The van der Waals surface area contributed by atoms with E-state index in [1.165, 1.54) is 23.5 Å². The SMILES string of the molecule is O=C(Nc1ccc(N2CCOCC2)cn1)c1csc(Cc2ccc(F)cc2)n1. The Morgan fingerprint density at radius 1 is 1.18 bits per heavy atom. The van der Waals surface area contributed by atoms with E-state index in [9.17, 15) is 9.18 Å². The molecule has 1 N–H and O–H groups in total. The van der Waals surface area contributed by atoms with Crippen molar-refractivity contribution in [2.75, 3.05) is 36.5 Å². The first-order valence-electron chi connectivity index (χ1n) is 8.96. The summed E-state index contributed by atoms with van der Waals surface area (Å²) in [5, 5.41) is 5.29. The molecule has 3 heterocycles. The fraction of sp³-hybridized carbons (Fsp3) is 0.250. The highest BCUT2D eigenvalue weighted by atomic mass is 32.1. The Kier molecular flexibility index (Phi) is 5.59. The first kappa shape index (κ1) is 18.5. The van der Waals surface area contributed by atoms with Crippen molar-refractivity contribution in [3.63, 3.8) is 0 Å². The molecule has 1 fully saturated rings. The maximum atomic E-state index is 13.0. The van der Waals surface area contributed by atoms with Crippen molar-refractivity contribution >= 4 is 28.7 Å². The van der Waals surface area contributed by atoms with Crippen LogP contribution in [0.3, 0.4) is 0 Å². The van der Waals surface area contributed by atoms with Crippen LogP contribution < -0.4 is 10.2 Å². The summed E-state index contributed by atoms with van der Waals surface area (Å²) in [5.74, 6) is -0.0848. The van der Waals surface area contributed by atoms with Gasteiger partial charge in [-0.3, -0.25) is 4.79 Å². The van der Waals surface area contributed by atoms with Crippen LogP contribution in [0.4, 0.5) is 15.9 Å². The molecule has 6 nitrogen and oxygen atoms in total. The molecule has 0 spiro atoms. The fourth-order valence-electron chi connectivity index (χ4n) is 2.92. The van der Waals surface area contributed by atoms with Crippen molar-refractivity contribution in [3.05, 3.63) is 70.1 Å². The molecule has 3 aromatic rings. The Balaban J connectivity index is 1.37. The third kappa shape index (κ3) is 4.52. The number of benzene rings is 1. The summed E-state index contributed by atoms with van der Waals surface area (Å²) in [5.41, 5.74) is 2.31. The van der Waals surface area contributed by atoms with Gasteiger partial charge in [0, 0.05) is 24.9 Å². The largest absolute Gasteiger partial charge is 0.378 e. The van der Waals surface area contributed by atoms with Gasteiger partial charge in [-0.05, 0) is 29.8 Å². The molecule has 8 heteroatoms. The van der Waals surface area contributed by atoms with E-state index in [-0.39, 0.29) is 11.7 Å². The standard InChI is InChI=1S/C20H19FN4O2S/c21-15-3-1-14(2-4-15)11-19-23-17(13-28-19)20(26)24-18-6-5-16(12-22-18)25-7-9-27-10-8-25/h1-6,12-13H,7-11H2,(H,22,24,26). The number of nitrogens with zero attached hydrogens (tertiary/aromatic N) is 3. The number of rotatable bonds is 5. The van der Waals surface area contributed by atoms with Gasteiger partial charge in [0.15, 0.2) is 0 Å². The van der Waals surface area contributed by atoms with Crippen LogP contribution in [0.25, 0.3) is 0 Å². The molecule has 1 aromatic carbocycles. The van der Waals surface area contributed by atoms with Gasteiger partial charge in [0.1, 0.15) is 17.3 Å². The third-order valence-electron chi connectivity index (χ3n) is 4.42. The lowest BCUT2D eigenvalue weighted by atomic mass is 10.1. The van der Waals surface area contributed by atoms with Crippen molar-refractivity contribution in [1.29, 1.82) is 0 Å². The van der Waals surface area contributed by atoms with Crippen LogP contribution in [-0.4, -0.2) is 42.2 Å². The number of morpholine rings is 1. The van der Waals surface area contributed by atoms with Crippen LogP contribution in [0, 0.1) is 5.82 Å². The molecule has 0 radical (unpaired) electrons. The number of halogens is 1. The van der Waals surface area contributed by atoms with Crippen LogP contribution in [-0.2, 0) is 11.2 Å². The van der Waals surface area contributed by atoms with Gasteiger partial charge >= 0.3 is 0 Å². The summed E-state index contributed by atoms with van der Waals surface area (Å²) >= 11 is 1.40. The summed E-state index contributed by atoms with van der Waals surface area (Å²) in [7, 11) is 0. The van der Waals surface area contributed by atoms with Crippen LogP contribution in [0.5, 0.6) is 0 Å². The van der Waals surface area contributed by atoms with E-state index in [4.69, 9.17) is 4.74 Å². The Morgan fingerprint density at radius 3 is 2.68 bits per heavy atom. The summed E-state index contributed by atoms with van der Waals surface area (Å²) < 4.78 is 18.3. The van der Waals surface area contributed by atoms with Crippen molar-refractivity contribution in [2.45, 2.75) is 6.42 Å². The summed E-state index contributed by atoms with van der Waals surface area (Å²) in [6, 6.07) is 10.0. The van der Waals surface area contributed by atoms with Gasteiger partial charge in [0.05, 0.1) is 30.1 Å². The number of carbonyl (C=O) groups excluding carboxylic acids is 1. The zero-order chi connectivity index (χ0) is 19.3. The Morgan fingerprint density at radius 2 is 1.96 bits per heavy atom. The maximum absolute atomic E-state index is 13.0.